The van der Waals surface area contributed by atoms with Gasteiger partial charge in [0, 0.05) is 23.0 Å². The lowest BCUT2D eigenvalue weighted by molar-refractivity contribution is -0.0161. The maximum atomic E-state index is 12.1. The number of phenolic OH excluding ortho intramolecular Hbond substituents is 1. The summed E-state index contributed by atoms with van der Waals surface area (Å²) in [6, 6.07) is 4.55. The summed E-state index contributed by atoms with van der Waals surface area (Å²) in [6.45, 7) is 0.707. The minimum Gasteiger partial charge on any atom is -0.507 e. The Morgan fingerprint density at radius 2 is 2.32 bits per heavy atom. The fraction of sp³-hybridized carbons (Fsp3) is 0.462. The van der Waals surface area contributed by atoms with E-state index < -0.39 is 0 Å². The number of hydrogen-bond donors (Lipinski definition) is 3. The van der Waals surface area contributed by atoms with Crippen molar-refractivity contribution >= 4 is 21.8 Å². The first kappa shape index (κ1) is 12.9. The van der Waals surface area contributed by atoms with Crippen molar-refractivity contribution < 1.29 is 14.6 Å². The third-order valence-electron chi connectivity index (χ3n) is 3.95. The summed E-state index contributed by atoms with van der Waals surface area (Å²) in [6.07, 6.45) is 0.985. The third kappa shape index (κ3) is 2.13. The fourth-order valence-electron chi connectivity index (χ4n) is 2.85. The summed E-state index contributed by atoms with van der Waals surface area (Å²) < 4.78 is 6.28. The number of benzene rings is 1. The quantitative estimate of drug-likeness (QED) is 0.757. The van der Waals surface area contributed by atoms with E-state index in [2.05, 4.69) is 21.2 Å². The molecule has 2 fully saturated rings. The molecule has 1 aliphatic carbocycles. The molecule has 4 atom stereocenters. The maximum absolute atomic E-state index is 12.1. The predicted octanol–water partition coefficient (Wildman–Crippen LogP) is 0.999. The number of nitrogens with one attached hydrogen (secondary N) is 1. The lowest BCUT2D eigenvalue weighted by Gasteiger charge is -2.45. The summed E-state index contributed by atoms with van der Waals surface area (Å²) in [4.78, 5) is 12.1. The number of hydrogen-bond acceptors (Lipinski definition) is 4. The van der Waals surface area contributed by atoms with Crippen LogP contribution in [0.2, 0.25) is 0 Å². The normalized spacial score (nSPS) is 32.5. The van der Waals surface area contributed by atoms with E-state index in [9.17, 15) is 9.90 Å². The van der Waals surface area contributed by atoms with E-state index in [1.54, 1.807) is 12.1 Å². The molecule has 3 rings (SSSR count). The number of ether oxygens (including phenoxy) is 1. The van der Waals surface area contributed by atoms with Crippen LogP contribution in [-0.4, -0.2) is 35.8 Å². The van der Waals surface area contributed by atoms with Gasteiger partial charge in [-0.15, -0.1) is 0 Å². The Kier molecular flexibility index (Phi) is 3.24. The van der Waals surface area contributed by atoms with Crippen molar-refractivity contribution in [1.29, 1.82) is 0 Å². The number of nitrogens with two attached hydrogens (primary N) is 1. The largest absolute Gasteiger partial charge is 0.507 e. The molecule has 1 aromatic carbocycles. The number of amides is 1. The number of rotatable bonds is 2. The van der Waals surface area contributed by atoms with Gasteiger partial charge < -0.3 is 20.9 Å². The highest BCUT2D eigenvalue weighted by molar-refractivity contribution is 9.10. The second-order valence-corrected chi connectivity index (χ2v) is 5.94. The summed E-state index contributed by atoms with van der Waals surface area (Å²) in [7, 11) is 0. The first-order valence-electron chi connectivity index (χ1n) is 6.24. The molecule has 6 heteroatoms. The van der Waals surface area contributed by atoms with Crippen molar-refractivity contribution in [2.24, 2.45) is 11.7 Å². The van der Waals surface area contributed by atoms with Gasteiger partial charge in [-0.05, 0) is 24.6 Å². The van der Waals surface area contributed by atoms with Crippen molar-refractivity contribution in [1.82, 2.24) is 5.32 Å². The molecule has 0 spiro atoms. The molecular weight excluding hydrogens is 312 g/mol. The van der Waals surface area contributed by atoms with Crippen molar-refractivity contribution in [2.45, 2.75) is 24.6 Å². The van der Waals surface area contributed by atoms with Crippen LogP contribution in [0.5, 0.6) is 5.75 Å². The Hall–Kier alpha value is -1.11. The minimum absolute atomic E-state index is 0.0246. The summed E-state index contributed by atoms with van der Waals surface area (Å²) >= 11 is 3.24. The number of carbonyl (C=O) groups excluding carboxylic acids is 1. The molecule has 19 heavy (non-hydrogen) atoms. The molecule has 1 aliphatic heterocycles. The van der Waals surface area contributed by atoms with Crippen LogP contribution in [0.25, 0.3) is 0 Å². The number of carbonyl (C=O) groups is 1. The Morgan fingerprint density at radius 3 is 3.05 bits per heavy atom. The van der Waals surface area contributed by atoms with Crippen LogP contribution in [0.4, 0.5) is 0 Å². The van der Waals surface area contributed by atoms with Crippen molar-refractivity contribution in [3.05, 3.63) is 28.2 Å². The monoisotopic (exact) mass is 326 g/mol. The van der Waals surface area contributed by atoms with Crippen LogP contribution in [0, 0.1) is 5.92 Å². The third-order valence-corrected chi connectivity index (χ3v) is 4.44. The second-order valence-electron chi connectivity index (χ2n) is 5.03. The van der Waals surface area contributed by atoms with Crippen LogP contribution < -0.4 is 11.1 Å². The number of halogens is 1. The average molecular weight is 327 g/mol. The highest BCUT2D eigenvalue weighted by atomic mass is 79.9. The zero-order chi connectivity index (χ0) is 13.6. The van der Waals surface area contributed by atoms with E-state index in [-0.39, 0.29) is 35.4 Å². The molecule has 0 radical (unpaired) electrons. The maximum Gasteiger partial charge on any atom is 0.255 e. The van der Waals surface area contributed by atoms with E-state index in [4.69, 9.17) is 10.5 Å². The molecule has 102 valence electrons. The fourth-order valence-corrected chi connectivity index (χ4v) is 3.20. The number of phenols is 1. The average Bonchev–Trinajstić information content (AvgIpc) is 2.80. The van der Waals surface area contributed by atoms with Gasteiger partial charge >= 0.3 is 0 Å². The van der Waals surface area contributed by atoms with Crippen LogP contribution >= 0.6 is 15.9 Å². The molecular formula is C13H15BrN2O3. The van der Waals surface area contributed by atoms with Gasteiger partial charge in [0.15, 0.2) is 0 Å². The first-order valence-corrected chi connectivity index (χ1v) is 7.04. The van der Waals surface area contributed by atoms with Gasteiger partial charge in [-0.1, -0.05) is 15.9 Å². The molecule has 1 aromatic rings. The topological polar surface area (TPSA) is 84.6 Å². The second kappa shape index (κ2) is 4.77. The smallest absolute Gasteiger partial charge is 0.255 e. The van der Waals surface area contributed by atoms with E-state index in [0.717, 1.165) is 10.9 Å². The molecule has 1 saturated heterocycles. The molecule has 1 heterocycles. The minimum atomic E-state index is -0.320. The van der Waals surface area contributed by atoms with Crippen molar-refractivity contribution in [2.75, 3.05) is 6.61 Å². The summed E-state index contributed by atoms with van der Waals surface area (Å²) in [5, 5.41) is 12.6. The van der Waals surface area contributed by atoms with Gasteiger partial charge in [-0.25, -0.2) is 0 Å². The summed E-state index contributed by atoms with van der Waals surface area (Å²) in [5.74, 6) is -0.0214. The van der Waals surface area contributed by atoms with Gasteiger partial charge in [-0.3, -0.25) is 4.79 Å². The van der Waals surface area contributed by atoms with Crippen molar-refractivity contribution in [3.63, 3.8) is 0 Å². The Labute approximate surface area is 119 Å². The van der Waals surface area contributed by atoms with E-state index >= 15 is 0 Å². The van der Waals surface area contributed by atoms with E-state index in [0.29, 0.717) is 12.5 Å². The van der Waals surface area contributed by atoms with Gasteiger partial charge in [0.1, 0.15) is 5.75 Å². The molecule has 5 nitrogen and oxygen atoms in total. The standard InChI is InChI=1S/C13H15BrN2O3/c14-6-1-2-7(9(17)5-6)13(18)16-11-10(15)8-3-4-19-12(8)11/h1-2,5,8,10-12,17H,3-4,15H2,(H,16,18). The lowest BCUT2D eigenvalue weighted by Crippen LogP contribution is -2.68. The number of fused-ring (bicyclic) bond motifs is 1. The van der Waals surface area contributed by atoms with Crippen LogP contribution in [0.1, 0.15) is 16.8 Å². The van der Waals surface area contributed by atoms with Crippen LogP contribution in [0.3, 0.4) is 0 Å². The molecule has 4 N–H and O–H groups in total. The molecule has 4 unspecified atom stereocenters. The highest BCUT2D eigenvalue weighted by Crippen LogP contribution is 2.38. The Morgan fingerprint density at radius 1 is 1.53 bits per heavy atom. The highest BCUT2D eigenvalue weighted by Gasteiger charge is 2.52. The molecule has 2 aliphatic rings. The Bertz CT molecular complexity index is 523. The van der Waals surface area contributed by atoms with Crippen LogP contribution in [0.15, 0.2) is 22.7 Å². The van der Waals surface area contributed by atoms with Crippen LogP contribution in [-0.2, 0) is 4.74 Å². The molecule has 0 aromatic heterocycles. The number of aromatic hydroxyl groups is 1. The predicted molar refractivity (Wildman–Crippen MR) is 72.9 cm³/mol. The van der Waals surface area contributed by atoms with Crippen molar-refractivity contribution in [3.8, 4) is 5.75 Å². The molecule has 1 amide bonds. The SMILES string of the molecule is NC1C2CCOC2C1NC(=O)c1ccc(Br)cc1O. The van der Waals surface area contributed by atoms with Gasteiger partial charge in [0.2, 0.25) is 0 Å². The van der Waals surface area contributed by atoms with Gasteiger partial charge in [0.25, 0.3) is 5.91 Å². The summed E-state index contributed by atoms with van der Waals surface area (Å²) in [5.41, 5.74) is 6.28. The molecule has 1 saturated carbocycles. The van der Waals surface area contributed by atoms with E-state index in [1.165, 1.54) is 6.07 Å². The zero-order valence-corrected chi connectivity index (χ0v) is 11.8. The van der Waals surface area contributed by atoms with E-state index in [1.807, 2.05) is 0 Å². The van der Waals surface area contributed by atoms with Gasteiger partial charge in [0.05, 0.1) is 17.7 Å². The van der Waals surface area contributed by atoms with Gasteiger partial charge in [-0.2, -0.15) is 0 Å². The Balaban J connectivity index is 1.71. The first-order chi connectivity index (χ1) is 9.08. The zero-order valence-electron chi connectivity index (χ0n) is 10.2. The lowest BCUT2D eigenvalue weighted by atomic mass is 9.72. The molecule has 0 bridgehead atoms.